The Balaban J connectivity index is 1.92. The molecule has 3 rings (SSSR count). The minimum Gasteiger partial charge on any atom is -0.444 e. The van der Waals surface area contributed by atoms with Crippen molar-refractivity contribution in [3.05, 3.63) is 24.7 Å². The standard InChI is InChI=1S/C17H24N4O3/c1-17(2,3)24-16(23)19-14-9-13(10-20-8-6-18-15(14)20)21-7-4-5-12(21)11-22/h6,8-10,12,22H,4-5,7,11H2,1-3H3,(H,19,23). The molecule has 130 valence electrons. The third-order valence-corrected chi connectivity index (χ3v) is 4.03. The number of carbonyl (C=O) groups is 1. The summed E-state index contributed by atoms with van der Waals surface area (Å²) in [6.45, 7) is 6.48. The Morgan fingerprint density at radius 1 is 1.50 bits per heavy atom. The number of aliphatic hydroxyl groups is 1. The van der Waals surface area contributed by atoms with E-state index in [0.29, 0.717) is 11.3 Å². The van der Waals surface area contributed by atoms with Gasteiger partial charge in [-0.15, -0.1) is 0 Å². The predicted molar refractivity (Wildman–Crippen MR) is 92.5 cm³/mol. The molecule has 0 aliphatic carbocycles. The maximum atomic E-state index is 12.1. The summed E-state index contributed by atoms with van der Waals surface area (Å²) in [5, 5.41) is 12.4. The number of anilines is 2. The molecule has 1 aliphatic rings. The fraction of sp³-hybridized carbons (Fsp3) is 0.529. The van der Waals surface area contributed by atoms with Gasteiger partial charge in [-0.3, -0.25) is 5.32 Å². The van der Waals surface area contributed by atoms with Crippen LogP contribution in [0, 0.1) is 0 Å². The number of fused-ring (bicyclic) bond motifs is 1. The summed E-state index contributed by atoms with van der Waals surface area (Å²) in [5.74, 6) is 0. The van der Waals surface area contributed by atoms with E-state index in [1.807, 2.05) is 43.6 Å². The molecule has 3 heterocycles. The van der Waals surface area contributed by atoms with Crippen LogP contribution in [0.15, 0.2) is 24.7 Å². The van der Waals surface area contributed by atoms with Gasteiger partial charge in [-0.05, 0) is 39.7 Å². The number of aliphatic hydroxyl groups excluding tert-OH is 1. The molecule has 0 radical (unpaired) electrons. The molecule has 1 fully saturated rings. The summed E-state index contributed by atoms with van der Waals surface area (Å²) >= 11 is 0. The van der Waals surface area contributed by atoms with Crippen LogP contribution in [-0.4, -0.2) is 45.4 Å². The van der Waals surface area contributed by atoms with Gasteiger partial charge >= 0.3 is 6.09 Å². The molecular weight excluding hydrogens is 308 g/mol. The number of aromatic nitrogens is 2. The molecule has 0 bridgehead atoms. The number of nitrogens with zero attached hydrogens (tertiary/aromatic N) is 3. The molecule has 7 heteroatoms. The molecular formula is C17H24N4O3. The van der Waals surface area contributed by atoms with Crippen molar-refractivity contribution in [1.29, 1.82) is 0 Å². The molecule has 24 heavy (non-hydrogen) atoms. The highest BCUT2D eigenvalue weighted by atomic mass is 16.6. The summed E-state index contributed by atoms with van der Waals surface area (Å²) in [6.07, 6.45) is 6.99. The number of hydrogen-bond acceptors (Lipinski definition) is 5. The minimum atomic E-state index is -0.565. The van der Waals surface area contributed by atoms with Crippen molar-refractivity contribution in [3.8, 4) is 0 Å². The van der Waals surface area contributed by atoms with Crippen LogP contribution in [0.2, 0.25) is 0 Å². The van der Waals surface area contributed by atoms with E-state index in [2.05, 4.69) is 15.2 Å². The second kappa shape index (κ2) is 6.32. The third-order valence-electron chi connectivity index (χ3n) is 4.03. The maximum absolute atomic E-state index is 12.1. The van der Waals surface area contributed by atoms with Gasteiger partial charge in [0, 0.05) is 25.1 Å². The molecule has 0 aromatic carbocycles. The fourth-order valence-corrected chi connectivity index (χ4v) is 3.05. The van der Waals surface area contributed by atoms with Crippen LogP contribution in [-0.2, 0) is 4.74 Å². The van der Waals surface area contributed by atoms with Gasteiger partial charge in [0.25, 0.3) is 0 Å². The van der Waals surface area contributed by atoms with E-state index in [0.717, 1.165) is 25.1 Å². The quantitative estimate of drug-likeness (QED) is 0.903. The Hall–Kier alpha value is -2.28. The number of carbonyl (C=O) groups excluding carboxylic acids is 1. The molecule has 7 nitrogen and oxygen atoms in total. The topological polar surface area (TPSA) is 79.1 Å². The first-order chi connectivity index (χ1) is 11.4. The Morgan fingerprint density at radius 2 is 2.29 bits per heavy atom. The van der Waals surface area contributed by atoms with E-state index in [4.69, 9.17) is 4.74 Å². The predicted octanol–water partition coefficient (Wildman–Crippen LogP) is 2.64. The monoisotopic (exact) mass is 332 g/mol. The fourth-order valence-electron chi connectivity index (χ4n) is 3.05. The highest BCUT2D eigenvalue weighted by molar-refractivity contribution is 5.91. The summed E-state index contributed by atoms with van der Waals surface area (Å²) in [5.41, 5.74) is 1.63. The van der Waals surface area contributed by atoms with Crippen LogP contribution in [0.4, 0.5) is 16.2 Å². The van der Waals surface area contributed by atoms with Crippen molar-refractivity contribution in [2.75, 3.05) is 23.4 Å². The lowest BCUT2D eigenvalue weighted by Crippen LogP contribution is -2.32. The van der Waals surface area contributed by atoms with Crippen LogP contribution in [0.1, 0.15) is 33.6 Å². The Morgan fingerprint density at radius 3 is 3.00 bits per heavy atom. The smallest absolute Gasteiger partial charge is 0.412 e. The number of hydrogen-bond donors (Lipinski definition) is 2. The van der Waals surface area contributed by atoms with Gasteiger partial charge < -0.3 is 19.1 Å². The molecule has 1 atom stereocenters. The molecule has 2 N–H and O–H groups in total. The van der Waals surface area contributed by atoms with Crippen LogP contribution in [0.5, 0.6) is 0 Å². The van der Waals surface area contributed by atoms with Gasteiger partial charge in [0.1, 0.15) is 5.60 Å². The summed E-state index contributed by atoms with van der Waals surface area (Å²) < 4.78 is 7.20. The lowest BCUT2D eigenvalue weighted by atomic mass is 10.2. The van der Waals surface area contributed by atoms with E-state index < -0.39 is 11.7 Å². The zero-order valence-corrected chi connectivity index (χ0v) is 14.3. The Labute approximate surface area is 141 Å². The van der Waals surface area contributed by atoms with E-state index in [1.165, 1.54) is 0 Å². The molecule has 2 aromatic heterocycles. The van der Waals surface area contributed by atoms with Crippen molar-refractivity contribution < 1.29 is 14.6 Å². The van der Waals surface area contributed by atoms with Gasteiger partial charge in [-0.2, -0.15) is 0 Å². The largest absolute Gasteiger partial charge is 0.444 e. The van der Waals surface area contributed by atoms with Crippen molar-refractivity contribution in [3.63, 3.8) is 0 Å². The lowest BCUT2D eigenvalue weighted by molar-refractivity contribution is 0.0636. The zero-order chi connectivity index (χ0) is 17.3. The van der Waals surface area contributed by atoms with Gasteiger partial charge in [-0.1, -0.05) is 0 Å². The van der Waals surface area contributed by atoms with Crippen molar-refractivity contribution in [1.82, 2.24) is 9.38 Å². The Kier molecular flexibility index (Phi) is 4.36. The molecule has 0 spiro atoms. The molecule has 1 amide bonds. The van der Waals surface area contributed by atoms with Gasteiger partial charge in [0.15, 0.2) is 5.65 Å². The number of nitrogens with one attached hydrogen (secondary N) is 1. The maximum Gasteiger partial charge on any atom is 0.412 e. The van der Waals surface area contributed by atoms with Crippen LogP contribution in [0.3, 0.4) is 0 Å². The Bertz CT molecular complexity index is 735. The van der Waals surface area contributed by atoms with Gasteiger partial charge in [0.2, 0.25) is 0 Å². The van der Waals surface area contributed by atoms with Gasteiger partial charge in [-0.25, -0.2) is 9.78 Å². The average molecular weight is 332 g/mol. The van der Waals surface area contributed by atoms with Crippen LogP contribution >= 0.6 is 0 Å². The molecule has 1 saturated heterocycles. The number of pyridine rings is 1. The van der Waals surface area contributed by atoms with Crippen LogP contribution < -0.4 is 10.2 Å². The van der Waals surface area contributed by atoms with Crippen molar-refractivity contribution in [2.45, 2.75) is 45.3 Å². The summed E-state index contributed by atoms with van der Waals surface area (Å²) in [7, 11) is 0. The number of imidazole rings is 1. The van der Waals surface area contributed by atoms with E-state index in [-0.39, 0.29) is 12.6 Å². The summed E-state index contributed by atoms with van der Waals surface area (Å²) in [6, 6.07) is 2.00. The number of ether oxygens (including phenoxy) is 1. The highest BCUT2D eigenvalue weighted by Gasteiger charge is 2.25. The first-order valence-corrected chi connectivity index (χ1v) is 8.21. The van der Waals surface area contributed by atoms with Gasteiger partial charge in [0.05, 0.1) is 24.0 Å². The van der Waals surface area contributed by atoms with E-state index >= 15 is 0 Å². The first kappa shape index (κ1) is 16.6. The number of rotatable bonds is 3. The highest BCUT2D eigenvalue weighted by Crippen LogP contribution is 2.29. The minimum absolute atomic E-state index is 0.111. The normalized spacial score (nSPS) is 18.2. The van der Waals surface area contributed by atoms with Crippen molar-refractivity contribution >= 4 is 23.1 Å². The second-order valence-electron chi connectivity index (χ2n) is 7.07. The second-order valence-corrected chi connectivity index (χ2v) is 7.07. The van der Waals surface area contributed by atoms with Crippen molar-refractivity contribution in [2.24, 2.45) is 0 Å². The number of amides is 1. The zero-order valence-electron chi connectivity index (χ0n) is 14.3. The van der Waals surface area contributed by atoms with E-state index in [9.17, 15) is 9.90 Å². The van der Waals surface area contributed by atoms with E-state index in [1.54, 1.807) is 6.20 Å². The molecule has 2 aromatic rings. The first-order valence-electron chi connectivity index (χ1n) is 8.21. The molecule has 1 unspecified atom stereocenters. The summed E-state index contributed by atoms with van der Waals surface area (Å²) in [4.78, 5) is 18.6. The third kappa shape index (κ3) is 3.46. The average Bonchev–Trinajstić information content (AvgIpc) is 3.13. The lowest BCUT2D eigenvalue weighted by Gasteiger charge is -2.26. The SMILES string of the molecule is CC(C)(C)OC(=O)Nc1cc(N2CCCC2CO)cn2ccnc12. The molecule has 1 aliphatic heterocycles. The molecule has 0 saturated carbocycles. The van der Waals surface area contributed by atoms with Crippen LogP contribution in [0.25, 0.3) is 5.65 Å².